The summed E-state index contributed by atoms with van der Waals surface area (Å²) in [5.41, 5.74) is 6.94. The molecule has 1 aromatic heterocycles. The minimum atomic E-state index is -0.395. The Morgan fingerprint density at radius 2 is 2.08 bits per heavy atom. The summed E-state index contributed by atoms with van der Waals surface area (Å²) in [6.07, 6.45) is 6.25. The summed E-state index contributed by atoms with van der Waals surface area (Å²) in [5, 5.41) is 3.04. The summed E-state index contributed by atoms with van der Waals surface area (Å²) in [5.74, 6) is 0.929. The lowest BCUT2D eigenvalue weighted by Crippen LogP contribution is -2.52. The Morgan fingerprint density at radius 1 is 1.35 bits per heavy atom. The van der Waals surface area contributed by atoms with E-state index in [0.29, 0.717) is 6.54 Å². The number of rotatable bonds is 4. The first-order valence-corrected chi connectivity index (χ1v) is 9.77. The van der Waals surface area contributed by atoms with Crippen molar-refractivity contribution >= 4 is 11.7 Å². The Bertz CT molecular complexity index is 607. The molecule has 1 saturated heterocycles. The number of anilines is 1. The van der Waals surface area contributed by atoms with Gasteiger partial charge in [-0.25, -0.2) is 4.98 Å². The number of carbonyl (C=O) groups excluding carboxylic acids is 1. The molecule has 2 heterocycles. The average Bonchev–Trinajstić information content (AvgIpc) is 2.59. The van der Waals surface area contributed by atoms with E-state index in [0.717, 1.165) is 50.2 Å². The summed E-state index contributed by atoms with van der Waals surface area (Å²) < 4.78 is 5.77. The van der Waals surface area contributed by atoms with Crippen LogP contribution in [0.25, 0.3) is 0 Å². The molecular formula is C20H32N4O2. The van der Waals surface area contributed by atoms with Gasteiger partial charge in [0.25, 0.3) is 0 Å². The highest BCUT2D eigenvalue weighted by Crippen LogP contribution is 2.31. The Balaban J connectivity index is 1.55. The second kappa shape index (κ2) is 7.92. The molecule has 2 fully saturated rings. The lowest BCUT2D eigenvalue weighted by molar-refractivity contribution is -0.128. The van der Waals surface area contributed by atoms with E-state index >= 15 is 0 Å². The van der Waals surface area contributed by atoms with Gasteiger partial charge < -0.3 is 20.7 Å². The van der Waals surface area contributed by atoms with Gasteiger partial charge in [0, 0.05) is 31.4 Å². The first kappa shape index (κ1) is 19.1. The first-order chi connectivity index (χ1) is 12.3. The van der Waals surface area contributed by atoms with E-state index in [1.54, 1.807) is 0 Å². The van der Waals surface area contributed by atoms with E-state index in [2.05, 4.69) is 29.0 Å². The van der Waals surface area contributed by atoms with Crippen LogP contribution in [0.1, 0.15) is 52.0 Å². The molecule has 1 aromatic rings. The second-order valence-electron chi connectivity index (χ2n) is 8.21. The van der Waals surface area contributed by atoms with Crippen LogP contribution < -0.4 is 16.0 Å². The van der Waals surface area contributed by atoms with Crippen molar-refractivity contribution in [2.75, 3.05) is 18.0 Å². The van der Waals surface area contributed by atoms with Gasteiger partial charge in [0.15, 0.2) is 0 Å². The van der Waals surface area contributed by atoms with Gasteiger partial charge in [-0.15, -0.1) is 0 Å². The number of carbonyl (C=O) groups is 1. The number of nitrogens with one attached hydrogen (secondary N) is 1. The van der Waals surface area contributed by atoms with Gasteiger partial charge in [0.2, 0.25) is 5.91 Å². The third-order valence-corrected chi connectivity index (χ3v) is 5.59. The van der Waals surface area contributed by atoms with Gasteiger partial charge >= 0.3 is 0 Å². The van der Waals surface area contributed by atoms with Crippen molar-refractivity contribution in [1.82, 2.24) is 10.3 Å². The molecule has 144 valence electrons. The fraction of sp³-hybridized carbons (Fsp3) is 0.700. The van der Waals surface area contributed by atoms with Crippen molar-refractivity contribution in [1.29, 1.82) is 0 Å². The van der Waals surface area contributed by atoms with Crippen molar-refractivity contribution in [3.63, 3.8) is 0 Å². The average molecular weight is 361 g/mol. The zero-order valence-electron chi connectivity index (χ0n) is 16.2. The predicted octanol–water partition coefficient (Wildman–Crippen LogP) is 2.22. The van der Waals surface area contributed by atoms with Crippen molar-refractivity contribution in [2.45, 2.75) is 70.7 Å². The van der Waals surface area contributed by atoms with E-state index in [1.807, 2.05) is 25.3 Å². The summed E-state index contributed by atoms with van der Waals surface area (Å²) in [7, 11) is 0. The molecule has 6 nitrogen and oxygen atoms in total. The van der Waals surface area contributed by atoms with Crippen molar-refractivity contribution in [2.24, 2.45) is 11.7 Å². The molecule has 6 heteroatoms. The molecular weight excluding hydrogens is 328 g/mol. The highest BCUT2D eigenvalue weighted by atomic mass is 16.5. The van der Waals surface area contributed by atoms with Gasteiger partial charge in [0.05, 0.1) is 18.1 Å². The monoisotopic (exact) mass is 360 g/mol. The maximum Gasteiger partial charge on any atom is 0.225 e. The van der Waals surface area contributed by atoms with Crippen molar-refractivity contribution in [3.8, 4) is 0 Å². The van der Waals surface area contributed by atoms with Crippen LogP contribution in [0.5, 0.6) is 0 Å². The molecule has 0 aromatic carbocycles. The molecule has 1 saturated carbocycles. The molecule has 3 N–H and O–H groups in total. The molecule has 0 radical (unpaired) electrons. The normalized spacial score (nSPS) is 32.3. The summed E-state index contributed by atoms with van der Waals surface area (Å²) in [6.45, 7) is 8.37. The number of nitrogens with two attached hydrogens (primary N) is 1. The van der Waals surface area contributed by atoms with Crippen LogP contribution in [0, 0.1) is 5.92 Å². The van der Waals surface area contributed by atoms with E-state index < -0.39 is 5.54 Å². The van der Waals surface area contributed by atoms with Gasteiger partial charge in [-0.1, -0.05) is 18.9 Å². The number of amides is 1. The maximum atomic E-state index is 12.5. The van der Waals surface area contributed by atoms with E-state index in [-0.39, 0.29) is 24.0 Å². The van der Waals surface area contributed by atoms with Crippen LogP contribution in [0.4, 0.5) is 5.82 Å². The number of pyridine rings is 1. The smallest absolute Gasteiger partial charge is 0.225 e. The molecule has 4 atom stereocenters. The predicted molar refractivity (Wildman–Crippen MR) is 103 cm³/mol. The van der Waals surface area contributed by atoms with Crippen molar-refractivity contribution < 1.29 is 9.53 Å². The van der Waals surface area contributed by atoms with Gasteiger partial charge in [-0.05, 0) is 45.2 Å². The van der Waals surface area contributed by atoms with Gasteiger partial charge in [-0.2, -0.15) is 0 Å². The molecule has 1 aliphatic carbocycles. The van der Waals surface area contributed by atoms with Gasteiger partial charge in [-0.3, -0.25) is 4.79 Å². The van der Waals surface area contributed by atoms with Gasteiger partial charge in [0.1, 0.15) is 5.82 Å². The zero-order valence-corrected chi connectivity index (χ0v) is 16.2. The van der Waals surface area contributed by atoms with Crippen LogP contribution in [-0.4, -0.2) is 41.7 Å². The third kappa shape index (κ3) is 4.54. The Hall–Kier alpha value is -1.66. The Kier molecular flexibility index (Phi) is 5.82. The highest BCUT2D eigenvalue weighted by molar-refractivity contribution is 5.80. The molecule has 4 unspecified atom stereocenters. The third-order valence-electron chi connectivity index (χ3n) is 5.59. The number of hydrogen-bond acceptors (Lipinski definition) is 5. The van der Waals surface area contributed by atoms with Crippen LogP contribution in [0.15, 0.2) is 18.3 Å². The number of aromatic nitrogens is 1. The number of ether oxygens (including phenoxy) is 1. The number of hydrogen-bond donors (Lipinski definition) is 2. The number of morpholine rings is 1. The quantitative estimate of drug-likeness (QED) is 0.860. The molecule has 3 rings (SSSR count). The maximum absolute atomic E-state index is 12.5. The second-order valence-corrected chi connectivity index (χ2v) is 8.21. The highest BCUT2D eigenvalue weighted by Gasteiger charge is 2.37. The number of nitrogens with zero attached hydrogens (tertiary/aromatic N) is 2. The molecule has 0 spiro atoms. The van der Waals surface area contributed by atoms with Crippen LogP contribution >= 0.6 is 0 Å². The summed E-state index contributed by atoms with van der Waals surface area (Å²) >= 11 is 0. The Labute approximate surface area is 156 Å². The molecule has 26 heavy (non-hydrogen) atoms. The molecule has 2 aliphatic rings. The minimum absolute atomic E-state index is 0.0644. The van der Waals surface area contributed by atoms with E-state index in [4.69, 9.17) is 10.5 Å². The summed E-state index contributed by atoms with van der Waals surface area (Å²) in [4.78, 5) is 19.4. The van der Waals surface area contributed by atoms with E-state index in [9.17, 15) is 4.79 Å². The van der Waals surface area contributed by atoms with Crippen molar-refractivity contribution in [3.05, 3.63) is 23.9 Å². The van der Waals surface area contributed by atoms with E-state index in [1.165, 1.54) is 0 Å². The molecule has 1 aliphatic heterocycles. The molecule has 0 bridgehead atoms. The first-order valence-electron chi connectivity index (χ1n) is 9.77. The zero-order chi connectivity index (χ0) is 18.7. The Morgan fingerprint density at radius 3 is 2.69 bits per heavy atom. The summed E-state index contributed by atoms with van der Waals surface area (Å²) in [6, 6.07) is 4.07. The standard InChI is InChI=1S/C20H32N4O2/c1-14-12-24(13-15(2)26-14)18-8-7-16(10-22-18)11-23-19(25)17-6-4-5-9-20(17,3)21/h7-8,10,14-15,17H,4-6,9,11-13,21H2,1-3H3,(H,23,25). The topological polar surface area (TPSA) is 80.5 Å². The lowest BCUT2D eigenvalue weighted by atomic mass is 9.74. The SMILES string of the molecule is CC1CN(c2ccc(CNC(=O)C3CCCCC3(C)N)cn2)CC(C)O1. The fourth-order valence-electron chi connectivity index (χ4n) is 4.17. The largest absolute Gasteiger partial charge is 0.372 e. The minimum Gasteiger partial charge on any atom is -0.372 e. The van der Waals surface area contributed by atoms with Crippen LogP contribution in [0.3, 0.4) is 0 Å². The fourth-order valence-corrected chi connectivity index (χ4v) is 4.17. The molecule has 1 amide bonds. The lowest BCUT2D eigenvalue weighted by Gasteiger charge is -2.37. The van der Waals surface area contributed by atoms with Crippen LogP contribution in [-0.2, 0) is 16.1 Å². The van der Waals surface area contributed by atoms with Crippen LogP contribution in [0.2, 0.25) is 0 Å².